The number of carbonyl (C=O) groups is 1. The SMILES string of the molecule is CC.Cc1ccc(CN2CCCCC2)cc1.NCC(=O)N1CCSC1. The number of amides is 1. The van der Waals surface area contributed by atoms with Gasteiger partial charge in [0.1, 0.15) is 0 Å². The third-order valence-corrected chi connectivity index (χ3v) is 5.22. The molecule has 0 aliphatic carbocycles. The van der Waals surface area contributed by atoms with Gasteiger partial charge in [-0.15, -0.1) is 11.8 Å². The molecule has 0 bridgehead atoms. The lowest BCUT2D eigenvalue weighted by molar-refractivity contribution is -0.128. The van der Waals surface area contributed by atoms with Crippen LogP contribution in [0.1, 0.15) is 44.2 Å². The van der Waals surface area contributed by atoms with Crippen LogP contribution in [0.25, 0.3) is 0 Å². The molecule has 0 atom stereocenters. The maximum absolute atomic E-state index is 10.8. The van der Waals surface area contributed by atoms with E-state index < -0.39 is 0 Å². The number of likely N-dealkylation sites (tertiary alicyclic amines) is 1. The molecule has 0 saturated carbocycles. The third-order valence-electron chi connectivity index (χ3n) is 4.26. The predicted octanol–water partition coefficient (Wildman–Crippen LogP) is 3.49. The molecular weight excluding hydrogens is 330 g/mol. The molecule has 3 rings (SSSR count). The Morgan fingerprint density at radius 3 is 2.24 bits per heavy atom. The highest BCUT2D eigenvalue weighted by Gasteiger charge is 2.15. The lowest BCUT2D eigenvalue weighted by Crippen LogP contribution is -2.33. The van der Waals surface area contributed by atoms with Crippen LogP contribution >= 0.6 is 11.8 Å². The summed E-state index contributed by atoms with van der Waals surface area (Å²) < 4.78 is 0. The topological polar surface area (TPSA) is 49.6 Å². The molecule has 0 unspecified atom stereocenters. The number of hydrogen-bond acceptors (Lipinski definition) is 4. The third kappa shape index (κ3) is 8.75. The standard InChI is InChI=1S/C13H19N.C5H10N2OS.C2H6/c1-12-5-7-13(8-6-12)11-14-9-3-2-4-10-14;6-3-5(8)7-1-2-9-4-7;1-2/h5-8H,2-4,9-11H2,1H3;1-4,6H2;1-2H3. The van der Waals surface area contributed by atoms with Crippen LogP contribution in [0.5, 0.6) is 0 Å². The van der Waals surface area contributed by atoms with E-state index in [0.717, 1.165) is 24.7 Å². The van der Waals surface area contributed by atoms with Crippen molar-refractivity contribution in [1.82, 2.24) is 9.80 Å². The molecule has 0 aromatic heterocycles. The minimum absolute atomic E-state index is 0.0694. The van der Waals surface area contributed by atoms with E-state index in [9.17, 15) is 4.79 Å². The van der Waals surface area contributed by atoms with Gasteiger partial charge in [-0.25, -0.2) is 0 Å². The molecule has 142 valence electrons. The molecule has 4 nitrogen and oxygen atoms in total. The van der Waals surface area contributed by atoms with Crippen LogP contribution in [-0.4, -0.2) is 53.5 Å². The zero-order chi connectivity index (χ0) is 18.5. The van der Waals surface area contributed by atoms with Crippen molar-refractivity contribution in [1.29, 1.82) is 0 Å². The second-order valence-corrected chi connectivity index (χ2v) is 7.30. The van der Waals surface area contributed by atoms with Crippen LogP contribution in [0.3, 0.4) is 0 Å². The molecule has 0 spiro atoms. The van der Waals surface area contributed by atoms with Crippen molar-refractivity contribution in [3.05, 3.63) is 35.4 Å². The first kappa shape index (κ1) is 22.0. The van der Waals surface area contributed by atoms with E-state index in [1.165, 1.54) is 43.5 Å². The van der Waals surface area contributed by atoms with Crippen molar-refractivity contribution in [2.45, 2.75) is 46.6 Å². The minimum Gasteiger partial charge on any atom is -0.332 e. The van der Waals surface area contributed by atoms with Gasteiger partial charge in [0.2, 0.25) is 5.91 Å². The molecule has 25 heavy (non-hydrogen) atoms. The Labute approximate surface area is 158 Å². The van der Waals surface area contributed by atoms with Gasteiger partial charge >= 0.3 is 0 Å². The van der Waals surface area contributed by atoms with Crippen LogP contribution in [0, 0.1) is 6.92 Å². The first-order chi connectivity index (χ1) is 12.2. The summed E-state index contributed by atoms with van der Waals surface area (Å²) in [5.74, 6) is 1.96. The van der Waals surface area contributed by atoms with Gasteiger partial charge in [0.25, 0.3) is 0 Å². The van der Waals surface area contributed by atoms with E-state index in [1.807, 2.05) is 13.8 Å². The van der Waals surface area contributed by atoms with Crippen molar-refractivity contribution in [2.24, 2.45) is 5.73 Å². The van der Waals surface area contributed by atoms with Crippen LogP contribution in [0.2, 0.25) is 0 Å². The van der Waals surface area contributed by atoms with Gasteiger partial charge in [-0.05, 0) is 38.4 Å². The fourth-order valence-electron chi connectivity index (χ4n) is 2.81. The van der Waals surface area contributed by atoms with Gasteiger partial charge in [0.05, 0.1) is 12.4 Å². The smallest absolute Gasteiger partial charge is 0.237 e. The van der Waals surface area contributed by atoms with Gasteiger partial charge in [-0.3, -0.25) is 9.69 Å². The Bertz CT molecular complexity index is 466. The number of nitrogens with zero attached hydrogens (tertiary/aromatic N) is 2. The lowest BCUT2D eigenvalue weighted by atomic mass is 10.1. The summed E-state index contributed by atoms with van der Waals surface area (Å²) in [6.07, 6.45) is 4.18. The zero-order valence-corrected chi connectivity index (χ0v) is 17.0. The molecule has 1 amide bonds. The highest BCUT2D eigenvalue weighted by molar-refractivity contribution is 7.99. The Morgan fingerprint density at radius 1 is 1.08 bits per heavy atom. The Morgan fingerprint density at radius 2 is 1.72 bits per heavy atom. The van der Waals surface area contributed by atoms with E-state index in [2.05, 4.69) is 36.1 Å². The van der Waals surface area contributed by atoms with Gasteiger partial charge in [0.15, 0.2) is 0 Å². The van der Waals surface area contributed by atoms with E-state index in [1.54, 1.807) is 16.7 Å². The van der Waals surface area contributed by atoms with Crippen LogP contribution in [0.4, 0.5) is 0 Å². The van der Waals surface area contributed by atoms with Gasteiger partial charge in [-0.2, -0.15) is 0 Å². The molecule has 1 aromatic carbocycles. The monoisotopic (exact) mass is 365 g/mol. The van der Waals surface area contributed by atoms with Crippen molar-refractivity contribution < 1.29 is 4.79 Å². The minimum atomic E-state index is 0.0694. The second kappa shape index (κ2) is 13.2. The number of piperidine rings is 1. The average Bonchev–Trinajstić information content (AvgIpc) is 3.21. The zero-order valence-electron chi connectivity index (χ0n) is 16.2. The number of thioether (sulfide) groups is 1. The normalized spacial score (nSPS) is 17.2. The molecule has 2 heterocycles. The van der Waals surface area contributed by atoms with Crippen molar-refractivity contribution in [3.8, 4) is 0 Å². The summed E-state index contributed by atoms with van der Waals surface area (Å²) in [4.78, 5) is 15.1. The molecule has 0 radical (unpaired) electrons. The van der Waals surface area contributed by atoms with E-state index in [4.69, 9.17) is 5.73 Å². The van der Waals surface area contributed by atoms with Crippen LogP contribution in [-0.2, 0) is 11.3 Å². The number of aryl methyl sites for hydroxylation is 1. The summed E-state index contributed by atoms with van der Waals surface area (Å²) in [7, 11) is 0. The maximum Gasteiger partial charge on any atom is 0.237 e. The van der Waals surface area contributed by atoms with Gasteiger partial charge in [0, 0.05) is 18.8 Å². The summed E-state index contributed by atoms with van der Waals surface area (Å²) in [5.41, 5.74) is 7.96. The van der Waals surface area contributed by atoms with E-state index >= 15 is 0 Å². The van der Waals surface area contributed by atoms with E-state index in [-0.39, 0.29) is 12.5 Å². The van der Waals surface area contributed by atoms with Crippen molar-refractivity contribution >= 4 is 17.7 Å². The van der Waals surface area contributed by atoms with Crippen molar-refractivity contribution in [3.63, 3.8) is 0 Å². The largest absolute Gasteiger partial charge is 0.332 e. The first-order valence-corrected chi connectivity index (χ1v) is 10.7. The van der Waals surface area contributed by atoms with Gasteiger partial charge < -0.3 is 10.6 Å². The number of nitrogens with two attached hydrogens (primary N) is 1. The Kier molecular flexibility index (Phi) is 11.6. The lowest BCUT2D eigenvalue weighted by Gasteiger charge is -2.26. The second-order valence-electron chi connectivity index (χ2n) is 6.22. The molecular formula is C20H35N3OS. The quantitative estimate of drug-likeness (QED) is 0.891. The molecule has 2 fully saturated rings. The number of benzene rings is 1. The molecule has 5 heteroatoms. The molecule has 2 saturated heterocycles. The summed E-state index contributed by atoms with van der Waals surface area (Å²) in [6.45, 7) is 10.9. The Balaban J connectivity index is 0.000000246. The number of rotatable bonds is 3. The Hall–Kier alpha value is -1.04. The maximum atomic E-state index is 10.8. The van der Waals surface area contributed by atoms with Crippen LogP contribution in [0.15, 0.2) is 24.3 Å². The highest BCUT2D eigenvalue weighted by atomic mass is 32.2. The van der Waals surface area contributed by atoms with Crippen molar-refractivity contribution in [2.75, 3.05) is 37.8 Å². The summed E-state index contributed by atoms with van der Waals surface area (Å²) >= 11 is 1.78. The predicted molar refractivity (Wildman–Crippen MR) is 110 cm³/mol. The molecule has 2 aliphatic heterocycles. The highest BCUT2D eigenvalue weighted by Crippen LogP contribution is 2.13. The average molecular weight is 366 g/mol. The number of carbonyl (C=O) groups excluding carboxylic acids is 1. The first-order valence-electron chi connectivity index (χ1n) is 9.52. The van der Waals surface area contributed by atoms with Crippen LogP contribution < -0.4 is 5.73 Å². The van der Waals surface area contributed by atoms with Gasteiger partial charge in [-0.1, -0.05) is 50.1 Å². The summed E-state index contributed by atoms with van der Waals surface area (Å²) in [6, 6.07) is 8.92. The molecule has 2 aliphatic rings. The summed E-state index contributed by atoms with van der Waals surface area (Å²) in [5, 5.41) is 0. The fraction of sp³-hybridized carbons (Fsp3) is 0.650. The fourth-order valence-corrected chi connectivity index (χ4v) is 3.78. The molecule has 1 aromatic rings. The van der Waals surface area contributed by atoms with E-state index in [0.29, 0.717) is 0 Å². The molecule has 2 N–H and O–H groups in total. The number of hydrogen-bond donors (Lipinski definition) is 1.